The van der Waals surface area contributed by atoms with Crippen LogP contribution in [0.4, 0.5) is 0 Å². The van der Waals surface area contributed by atoms with E-state index in [4.69, 9.17) is 0 Å². The van der Waals surface area contributed by atoms with Crippen LogP contribution in [0.5, 0.6) is 0 Å². The maximum atomic E-state index is 10.5. The van der Waals surface area contributed by atoms with E-state index in [1.165, 1.54) is 12.0 Å². The Bertz CT molecular complexity index is 1430. The molecule has 0 radical (unpaired) electrons. The zero-order valence-electron chi connectivity index (χ0n) is 18.4. The Hall–Kier alpha value is -3.86. The van der Waals surface area contributed by atoms with E-state index >= 15 is 0 Å². The number of hydrogen-bond donors (Lipinski definition) is 0. The molecule has 0 saturated carbocycles. The summed E-state index contributed by atoms with van der Waals surface area (Å²) in [5, 5.41) is 44.2. The van der Waals surface area contributed by atoms with Crippen LogP contribution in [0, 0.1) is 56.2 Å². The van der Waals surface area contributed by atoms with Gasteiger partial charge in [-0.25, -0.2) is 0 Å². The Balaban J connectivity index is 1.81. The number of aryl methyl sites for hydroxylation is 1. The monoisotopic (exact) mass is 426 g/mol. The van der Waals surface area contributed by atoms with Crippen LogP contribution < -0.4 is 0 Å². The molecule has 0 unspecified atom stereocenters. The second-order valence-corrected chi connectivity index (χ2v) is 9.94. The van der Waals surface area contributed by atoms with Gasteiger partial charge in [-0.05, 0) is 58.7 Å². The van der Waals surface area contributed by atoms with E-state index in [0.29, 0.717) is 0 Å². The molecule has 1 spiro atoms. The molecule has 0 saturated heterocycles. The highest BCUT2D eigenvalue weighted by Gasteiger charge is 2.75. The molecule has 0 aromatic heterocycles. The normalized spacial score (nSPS) is 27.4. The Morgan fingerprint density at radius 2 is 1.55 bits per heavy atom. The summed E-state index contributed by atoms with van der Waals surface area (Å²) in [6.07, 6.45) is 13.5. The average molecular weight is 427 g/mol. The first kappa shape index (κ1) is 19.8. The molecule has 2 atom stereocenters. The molecule has 4 nitrogen and oxygen atoms in total. The molecule has 2 aromatic carbocycles. The van der Waals surface area contributed by atoms with Gasteiger partial charge in [0.05, 0.1) is 29.7 Å². The zero-order valence-corrected chi connectivity index (χ0v) is 18.4. The quantitative estimate of drug-likeness (QED) is 0.475. The van der Waals surface area contributed by atoms with Gasteiger partial charge in [-0.1, -0.05) is 67.3 Å². The van der Waals surface area contributed by atoms with Crippen LogP contribution in [0.25, 0.3) is 16.8 Å². The fourth-order valence-electron chi connectivity index (χ4n) is 7.13. The van der Waals surface area contributed by atoms with E-state index in [0.717, 1.165) is 71.6 Å². The Kier molecular flexibility index (Phi) is 3.95. The number of fused-ring (bicyclic) bond motifs is 2. The summed E-state index contributed by atoms with van der Waals surface area (Å²) in [5.41, 5.74) is 0.638. The summed E-state index contributed by atoms with van der Waals surface area (Å²) >= 11 is 0. The molecule has 2 aromatic rings. The maximum Gasteiger partial charge on any atom is 0.192 e. The van der Waals surface area contributed by atoms with Gasteiger partial charge in [0.1, 0.15) is 0 Å². The predicted octanol–water partition coefficient (Wildman–Crippen LogP) is 6.11. The van der Waals surface area contributed by atoms with E-state index in [2.05, 4.69) is 54.6 Å². The van der Waals surface area contributed by atoms with Crippen molar-refractivity contribution in [3.8, 4) is 24.3 Å². The molecular weight excluding hydrogens is 404 g/mol. The topological polar surface area (TPSA) is 95.2 Å². The van der Waals surface area contributed by atoms with Gasteiger partial charge in [0.25, 0.3) is 0 Å². The first-order chi connectivity index (χ1) is 16.1. The molecule has 0 fully saturated rings. The van der Waals surface area contributed by atoms with E-state index < -0.39 is 22.2 Å². The summed E-state index contributed by atoms with van der Waals surface area (Å²) in [5.74, 6) is -0.572. The smallest absolute Gasteiger partial charge is 0.192 e. The molecule has 9 bridgehead atoms. The predicted molar refractivity (Wildman–Crippen MR) is 124 cm³/mol. The molecule has 33 heavy (non-hydrogen) atoms. The van der Waals surface area contributed by atoms with Crippen LogP contribution in [0.1, 0.15) is 66.7 Å². The number of nitrogens with zero attached hydrogens (tertiary/aromatic N) is 4. The molecule has 158 valence electrons. The minimum Gasteiger partial charge on any atom is -0.196 e. The zero-order chi connectivity index (χ0) is 22.8. The van der Waals surface area contributed by atoms with Gasteiger partial charge in [-0.3, -0.25) is 0 Å². The first-order valence-electron chi connectivity index (χ1n) is 11.8. The van der Waals surface area contributed by atoms with Crippen molar-refractivity contribution in [2.24, 2.45) is 10.8 Å². The highest BCUT2D eigenvalue weighted by molar-refractivity contribution is 6.00. The summed E-state index contributed by atoms with van der Waals surface area (Å²) in [4.78, 5) is 0. The van der Waals surface area contributed by atoms with Crippen LogP contribution in [-0.2, 0) is 11.8 Å². The maximum absolute atomic E-state index is 10.5. The van der Waals surface area contributed by atoms with E-state index in [-0.39, 0.29) is 0 Å². The molecular formula is C29H22N4. The largest absolute Gasteiger partial charge is 0.196 e. The first-order valence-corrected chi connectivity index (χ1v) is 11.8. The average Bonchev–Trinajstić information content (AvgIpc) is 2.87. The van der Waals surface area contributed by atoms with Crippen molar-refractivity contribution in [1.82, 2.24) is 0 Å². The van der Waals surface area contributed by atoms with Crippen molar-refractivity contribution in [2.45, 2.75) is 56.3 Å². The second kappa shape index (κ2) is 6.58. The molecule has 0 amide bonds. The van der Waals surface area contributed by atoms with Crippen molar-refractivity contribution in [1.29, 1.82) is 21.0 Å². The molecule has 7 aliphatic rings. The number of hydrogen-bond acceptors (Lipinski definition) is 4. The van der Waals surface area contributed by atoms with Crippen molar-refractivity contribution in [3.63, 3.8) is 0 Å². The van der Waals surface area contributed by atoms with Gasteiger partial charge in [0, 0.05) is 5.92 Å². The van der Waals surface area contributed by atoms with Gasteiger partial charge in [0.15, 0.2) is 10.8 Å². The Morgan fingerprint density at radius 3 is 2.27 bits per heavy atom. The molecule has 7 aliphatic carbocycles. The van der Waals surface area contributed by atoms with Crippen molar-refractivity contribution in [2.75, 3.05) is 0 Å². The molecule has 0 N–H and O–H groups in total. The summed E-state index contributed by atoms with van der Waals surface area (Å²) in [6, 6.07) is 17.6. The lowest BCUT2D eigenvalue weighted by Crippen LogP contribution is -2.62. The van der Waals surface area contributed by atoms with Crippen molar-refractivity contribution >= 4 is 16.8 Å². The van der Waals surface area contributed by atoms with Crippen LogP contribution in [0.2, 0.25) is 0 Å². The third-order valence-electron chi connectivity index (χ3n) is 8.54. The molecule has 4 heteroatoms. The Morgan fingerprint density at radius 1 is 0.818 bits per heavy atom. The summed E-state index contributed by atoms with van der Waals surface area (Å²) in [7, 11) is 0. The van der Waals surface area contributed by atoms with Crippen LogP contribution in [-0.4, -0.2) is 0 Å². The van der Waals surface area contributed by atoms with E-state index in [1.807, 2.05) is 12.2 Å². The lowest BCUT2D eigenvalue weighted by atomic mass is 9.37. The lowest BCUT2D eigenvalue weighted by Gasteiger charge is -2.58. The molecule has 0 heterocycles. The minimum absolute atomic E-state index is 0.572. The molecule has 9 rings (SSSR count). The number of benzene rings is 2. The van der Waals surface area contributed by atoms with Crippen LogP contribution in [0.3, 0.4) is 0 Å². The standard InChI is InChI=1S/C29H22N4/c30-15-28(16-31)25-22-7-5-3-1-2-4-6-19-12-20-8-9-23(25)26-24(20)21(13-19)10-11-27(26,14-22)29(28,17-32)18-33/h8-14,25H,1-7H2/t25-,27+/m0/s1. The third kappa shape index (κ3) is 2.08. The SMILES string of the molecule is N#CC1(C#N)[C@H]2C3=C[C@@]4(C=Cc5cc(cc6ccc2c4c56)CCCCCCC3)C1(C#N)C#N. The van der Waals surface area contributed by atoms with Gasteiger partial charge in [-0.2, -0.15) is 21.0 Å². The number of rotatable bonds is 0. The van der Waals surface area contributed by atoms with Crippen molar-refractivity contribution < 1.29 is 0 Å². The van der Waals surface area contributed by atoms with Crippen molar-refractivity contribution in [3.05, 3.63) is 64.2 Å². The second-order valence-electron chi connectivity index (χ2n) is 9.94. The highest BCUT2D eigenvalue weighted by Crippen LogP contribution is 2.72. The van der Waals surface area contributed by atoms with Gasteiger partial charge in [0.2, 0.25) is 0 Å². The van der Waals surface area contributed by atoms with Gasteiger partial charge in [-0.15, -0.1) is 0 Å². The van der Waals surface area contributed by atoms with E-state index in [1.54, 1.807) is 0 Å². The lowest BCUT2D eigenvalue weighted by molar-refractivity contribution is 0.155. The van der Waals surface area contributed by atoms with Crippen LogP contribution in [0.15, 0.2) is 42.0 Å². The van der Waals surface area contributed by atoms with Gasteiger partial charge < -0.3 is 0 Å². The van der Waals surface area contributed by atoms with E-state index in [9.17, 15) is 21.0 Å². The molecule has 0 aliphatic heterocycles. The fourth-order valence-corrected chi connectivity index (χ4v) is 7.13. The highest BCUT2D eigenvalue weighted by atomic mass is 14.7. The number of nitriles is 4. The number of allylic oxidation sites excluding steroid dienone is 3. The fraction of sp³-hybridized carbons (Fsp3) is 0.379. The third-order valence-corrected chi connectivity index (χ3v) is 8.54. The Labute approximate surface area is 193 Å². The summed E-state index contributed by atoms with van der Waals surface area (Å²) in [6.45, 7) is 0. The van der Waals surface area contributed by atoms with Gasteiger partial charge >= 0.3 is 0 Å². The minimum atomic E-state index is -1.82. The summed E-state index contributed by atoms with van der Waals surface area (Å²) < 4.78 is 0. The van der Waals surface area contributed by atoms with Crippen LogP contribution >= 0.6 is 0 Å².